The number of hydrogen-bond acceptors (Lipinski definition) is 7. The van der Waals surface area contributed by atoms with Gasteiger partial charge in [0.2, 0.25) is 11.6 Å². The monoisotopic (exact) mass is 645 g/mol. The third kappa shape index (κ3) is 7.52. The molecule has 5 rings (SSSR count). The van der Waals surface area contributed by atoms with Crippen molar-refractivity contribution in [1.29, 1.82) is 0 Å². The summed E-state index contributed by atoms with van der Waals surface area (Å²) in [5.41, 5.74) is 4.34. The van der Waals surface area contributed by atoms with Crippen molar-refractivity contribution < 1.29 is 32.7 Å². The number of nitrogens with zero attached hydrogens (tertiary/aromatic N) is 2. The zero-order chi connectivity index (χ0) is 33.0. The van der Waals surface area contributed by atoms with Gasteiger partial charge in [0.25, 0.3) is 5.91 Å². The second kappa shape index (κ2) is 14.4. The number of aromatic nitrogens is 1. The average molecular weight is 646 g/mol. The molecule has 3 N–H and O–H groups in total. The van der Waals surface area contributed by atoms with E-state index in [1.165, 1.54) is 4.31 Å². The average Bonchev–Trinajstić information content (AvgIpc) is 3.83. The highest BCUT2D eigenvalue weighted by molar-refractivity contribution is 7.76. The van der Waals surface area contributed by atoms with E-state index in [1.807, 2.05) is 37.3 Å². The summed E-state index contributed by atoms with van der Waals surface area (Å²) in [5.74, 6) is -1.84. The Labute approximate surface area is 269 Å². The molecule has 1 aliphatic rings. The summed E-state index contributed by atoms with van der Waals surface area (Å²) >= 11 is -2.57. The van der Waals surface area contributed by atoms with Crippen LogP contribution in [0.2, 0.25) is 0 Å². The molecule has 0 bridgehead atoms. The van der Waals surface area contributed by atoms with E-state index in [9.17, 15) is 28.3 Å². The number of carbonyl (C=O) groups excluding carboxylic acids is 2. The van der Waals surface area contributed by atoms with Gasteiger partial charge in [-0.2, -0.15) is 0 Å². The quantitative estimate of drug-likeness (QED) is 0.161. The Morgan fingerprint density at radius 1 is 1.13 bits per heavy atom. The lowest BCUT2D eigenvalue weighted by atomic mass is 10.0. The first-order valence-corrected chi connectivity index (χ1v) is 16.3. The highest BCUT2D eigenvalue weighted by Gasteiger charge is 2.31. The Kier molecular flexibility index (Phi) is 10.3. The molecule has 3 atom stereocenters. The van der Waals surface area contributed by atoms with Crippen LogP contribution in [-0.2, 0) is 27.4 Å². The van der Waals surface area contributed by atoms with Crippen molar-refractivity contribution in [2.24, 2.45) is 5.92 Å². The Morgan fingerprint density at radius 3 is 2.43 bits per heavy atom. The predicted molar refractivity (Wildman–Crippen MR) is 172 cm³/mol. The van der Waals surface area contributed by atoms with Gasteiger partial charge in [-0.05, 0) is 55.7 Å². The molecule has 0 radical (unpaired) electrons. The number of aliphatic carboxylic acids is 1. The number of amides is 2. The minimum absolute atomic E-state index is 0.00340. The zero-order valence-corrected chi connectivity index (χ0v) is 26.8. The molecule has 0 aliphatic heterocycles. The molecule has 2 amide bonds. The van der Waals surface area contributed by atoms with Crippen LogP contribution in [0, 0.1) is 12.8 Å². The SMILES string of the molecule is CNC(=O)c1c(-c2ccc(C)cc2)oc2nc(CN(CCC[C@@H](C)C(=O)NC(C(=O)O)c3ccccc3)S(=O)[O-])c(C3CC3)cc12. The summed E-state index contributed by atoms with van der Waals surface area (Å²) in [6, 6.07) is 16.8. The molecule has 2 aromatic carbocycles. The van der Waals surface area contributed by atoms with Gasteiger partial charge in [-0.15, -0.1) is 0 Å². The number of aryl methyl sites for hydroxylation is 1. The van der Waals surface area contributed by atoms with Gasteiger partial charge in [-0.3, -0.25) is 13.8 Å². The van der Waals surface area contributed by atoms with E-state index in [0.29, 0.717) is 40.8 Å². The summed E-state index contributed by atoms with van der Waals surface area (Å²) in [7, 11) is 1.56. The molecule has 4 aromatic rings. The Bertz CT molecular complexity index is 1750. The van der Waals surface area contributed by atoms with Crippen LogP contribution in [0.25, 0.3) is 22.4 Å². The Balaban J connectivity index is 1.33. The molecule has 12 heteroatoms. The summed E-state index contributed by atoms with van der Waals surface area (Å²) < 4.78 is 32.1. The van der Waals surface area contributed by atoms with Gasteiger partial charge in [0.05, 0.1) is 23.2 Å². The molecule has 11 nitrogen and oxygen atoms in total. The van der Waals surface area contributed by atoms with Crippen LogP contribution in [0.4, 0.5) is 0 Å². The standard InChI is InChI=1S/C34H38N4O7S/c1-20-11-13-24(14-12-20)30-28(32(40)35-3)26-18-25(22-15-16-22)27(36-33(26)45-30)19-38(46(43)44)17-7-8-21(2)31(39)37-29(34(41)42)23-9-5-4-6-10-23/h4-6,9-14,18,21-22,29H,7-8,15-17,19H2,1-3H3,(H,35,40)(H,37,39)(H,41,42)(H,43,44)/p-1/t21-,29?/m1/s1. The van der Waals surface area contributed by atoms with Crippen molar-refractivity contribution in [2.45, 2.75) is 58.0 Å². The van der Waals surface area contributed by atoms with Crippen molar-refractivity contribution in [3.63, 3.8) is 0 Å². The fourth-order valence-corrected chi connectivity index (χ4v) is 6.01. The topological polar surface area (TPSA) is 165 Å². The van der Waals surface area contributed by atoms with Gasteiger partial charge < -0.3 is 24.7 Å². The number of carboxylic acids is 1. The lowest BCUT2D eigenvalue weighted by molar-refractivity contribution is -0.142. The molecule has 242 valence electrons. The first kappa shape index (κ1) is 33.0. The van der Waals surface area contributed by atoms with Crippen molar-refractivity contribution in [3.8, 4) is 11.3 Å². The zero-order valence-electron chi connectivity index (χ0n) is 25.9. The maximum atomic E-state index is 13.0. The molecule has 1 aliphatic carbocycles. The van der Waals surface area contributed by atoms with Crippen LogP contribution in [-0.4, -0.2) is 54.5 Å². The molecule has 2 unspecified atom stereocenters. The minimum atomic E-state index is -2.57. The van der Waals surface area contributed by atoms with Crippen molar-refractivity contribution in [2.75, 3.05) is 13.6 Å². The first-order chi connectivity index (χ1) is 22.1. The largest absolute Gasteiger partial charge is 0.760 e. The Morgan fingerprint density at radius 2 is 1.83 bits per heavy atom. The van der Waals surface area contributed by atoms with Crippen LogP contribution in [0.15, 0.2) is 65.1 Å². The smallest absolute Gasteiger partial charge is 0.330 e. The first-order valence-electron chi connectivity index (χ1n) is 15.2. The van der Waals surface area contributed by atoms with Crippen LogP contribution >= 0.6 is 0 Å². The van der Waals surface area contributed by atoms with Gasteiger partial charge in [0, 0.05) is 36.3 Å². The number of nitrogens with one attached hydrogen (secondary N) is 2. The molecule has 1 saturated carbocycles. The van der Waals surface area contributed by atoms with E-state index in [2.05, 4.69) is 10.6 Å². The van der Waals surface area contributed by atoms with E-state index in [0.717, 1.165) is 29.5 Å². The third-order valence-electron chi connectivity index (χ3n) is 8.28. The molecule has 1 fully saturated rings. The number of pyridine rings is 1. The molecular weight excluding hydrogens is 608 g/mol. The van der Waals surface area contributed by atoms with E-state index in [4.69, 9.17) is 9.40 Å². The number of hydrogen-bond donors (Lipinski definition) is 3. The van der Waals surface area contributed by atoms with Crippen LogP contribution < -0.4 is 10.6 Å². The van der Waals surface area contributed by atoms with Gasteiger partial charge in [-0.25, -0.2) is 14.1 Å². The molecule has 2 aromatic heterocycles. The van der Waals surface area contributed by atoms with E-state index < -0.39 is 35.1 Å². The van der Waals surface area contributed by atoms with Crippen LogP contribution in [0.1, 0.15) is 77.3 Å². The number of carboxylic acid groups (broad SMARTS) is 1. The predicted octanol–water partition coefficient (Wildman–Crippen LogP) is 4.99. The molecule has 46 heavy (non-hydrogen) atoms. The molecular formula is C34H37N4O7S-. The van der Waals surface area contributed by atoms with Gasteiger partial charge in [-0.1, -0.05) is 67.1 Å². The van der Waals surface area contributed by atoms with Crippen molar-refractivity contribution in [1.82, 2.24) is 19.9 Å². The van der Waals surface area contributed by atoms with Crippen molar-refractivity contribution in [3.05, 3.63) is 88.6 Å². The third-order valence-corrected chi connectivity index (χ3v) is 9.01. The van der Waals surface area contributed by atoms with Gasteiger partial charge in [0.1, 0.15) is 5.76 Å². The number of benzene rings is 2. The van der Waals surface area contributed by atoms with E-state index in [1.54, 1.807) is 44.3 Å². The summed E-state index contributed by atoms with van der Waals surface area (Å²) in [4.78, 5) is 42.5. The number of furan rings is 1. The van der Waals surface area contributed by atoms with Gasteiger partial charge in [0.15, 0.2) is 6.04 Å². The lowest BCUT2D eigenvalue weighted by Gasteiger charge is -2.25. The molecule has 0 spiro atoms. The lowest BCUT2D eigenvalue weighted by Crippen LogP contribution is -2.37. The maximum absolute atomic E-state index is 13.0. The summed E-state index contributed by atoms with van der Waals surface area (Å²) in [6.07, 6.45) is 2.58. The number of carbonyl (C=O) groups is 3. The highest BCUT2D eigenvalue weighted by atomic mass is 32.2. The summed E-state index contributed by atoms with van der Waals surface area (Å²) in [6.45, 7) is 3.79. The maximum Gasteiger partial charge on any atom is 0.330 e. The minimum Gasteiger partial charge on any atom is -0.760 e. The van der Waals surface area contributed by atoms with Crippen LogP contribution in [0.3, 0.4) is 0 Å². The fourth-order valence-electron chi connectivity index (χ4n) is 5.50. The molecule has 2 heterocycles. The van der Waals surface area contributed by atoms with Crippen molar-refractivity contribution >= 4 is 40.1 Å². The second-order valence-corrected chi connectivity index (χ2v) is 12.7. The van der Waals surface area contributed by atoms with E-state index in [-0.39, 0.29) is 30.6 Å². The van der Waals surface area contributed by atoms with Crippen LogP contribution in [0.5, 0.6) is 0 Å². The highest BCUT2D eigenvalue weighted by Crippen LogP contribution is 2.44. The Hall–Kier alpha value is -4.39. The molecule has 0 saturated heterocycles. The van der Waals surface area contributed by atoms with Gasteiger partial charge >= 0.3 is 5.97 Å². The normalized spacial score (nSPS) is 15.0. The number of rotatable bonds is 14. The second-order valence-electron chi connectivity index (χ2n) is 11.7. The number of fused-ring (bicyclic) bond motifs is 1. The summed E-state index contributed by atoms with van der Waals surface area (Å²) in [5, 5.41) is 15.5. The fraction of sp³-hybridized carbons (Fsp3) is 0.353. The van der Waals surface area contributed by atoms with E-state index >= 15 is 0 Å².